The summed E-state index contributed by atoms with van der Waals surface area (Å²) in [6.07, 6.45) is 1.40. The maximum absolute atomic E-state index is 13.2. The van der Waals surface area contributed by atoms with E-state index in [1.54, 1.807) is 36.2 Å². The number of nitrogens with zero attached hydrogens (tertiary/aromatic N) is 3. The highest BCUT2D eigenvalue weighted by atomic mass is 19.1. The summed E-state index contributed by atoms with van der Waals surface area (Å²) >= 11 is 0. The van der Waals surface area contributed by atoms with Gasteiger partial charge in [-0.2, -0.15) is 0 Å². The standard InChI is InChI=1S/C20H23FN4O3/c1-2-28-20(27)25-10-8-24(9-11-25)18-7-6-17(14-22-18)23-19(26)13-15-4-3-5-16(21)12-15/h3-7,12,14H,2,8-11,13H2,1H3,(H,23,26). The highest BCUT2D eigenvalue weighted by molar-refractivity contribution is 5.92. The van der Waals surface area contributed by atoms with Gasteiger partial charge in [0.2, 0.25) is 5.91 Å². The number of amides is 2. The molecule has 1 aliphatic rings. The van der Waals surface area contributed by atoms with Crippen molar-refractivity contribution in [2.75, 3.05) is 43.0 Å². The molecule has 1 saturated heterocycles. The van der Waals surface area contributed by atoms with Crippen LogP contribution in [0.4, 0.5) is 20.7 Å². The topological polar surface area (TPSA) is 74.8 Å². The van der Waals surface area contributed by atoms with E-state index in [1.165, 1.54) is 12.1 Å². The molecular formula is C20H23FN4O3. The molecule has 0 unspecified atom stereocenters. The van der Waals surface area contributed by atoms with E-state index in [0.29, 0.717) is 44.0 Å². The summed E-state index contributed by atoms with van der Waals surface area (Å²) in [7, 11) is 0. The van der Waals surface area contributed by atoms with E-state index < -0.39 is 0 Å². The lowest BCUT2D eigenvalue weighted by atomic mass is 10.1. The number of ether oxygens (including phenoxy) is 1. The summed E-state index contributed by atoms with van der Waals surface area (Å²) in [5, 5.41) is 2.76. The summed E-state index contributed by atoms with van der Waals surface area (Å²) in [5.74, 6) is 0.189. The quantitative estimate of drug-likeness (QED) is 0.855. The molecular weight excluding hydrogens is 363 g/mol. The molecule has 1 N–H and O–H groups in total. The average Bonchev–Trinajstić information content (AvgIpc) is 2.69. The molecule has 0 spiro atoms. The maximum Gasteiger partial charge on any atom is 0.409 e. The van der Waals surface area contributed by atoms with E-state index in [1.807, 2.05) is 6.07 Å². The fourth-order valence-corrected chi connectivity index (χ4v) is 3.02. The lowest BCUT2D eigenvalue weighted by molar-refractivity contribution is -0.115. The van der Waals surface area contributed by atoms with Crippen molar-refractivity contribution in [2.45, 2.75) is 13.3 Å². The highest BCUT2D eigenvalue weighted by Gasteiger charge is 2.22. The number of carbonyl (C=O) groups excluding carboxylic acids is 2. The zero-order valence-corrected chi connectivity index (χ0v) is 15.7. The Labute approximate surface area is 163 Å². The molecule has 0 radical (unpaired) electrons. The Kier molecular flexibility index (Phi) is 6.41. The van der Waals surface area contributed by atoms with Gasteiger partial charge in [-0.1, -0.05) is 12.1 Å². The van der Waals surface area contributed by atoms with Crippen LogP contribution in [-0.2, 0) is 16.0 Å². The van der Waals surface area contributed by atoms with Crippen molar-refractivity contribution in [1.82, 2.24) is 9.88 Å². The molecule has 1 fully saturated rings. The summed E-state index contributed by atoms with van der Waals surface area (Å²) in [6.45, 7) is 4.64. The van der Waals surface area contributed by atoms with Crippen molar-refractivity contribution in [3.05, 3.63) is 54.0 Å². The Morgan fingerprint density at radius 1 is 1.18 bits per heavy atom. The molecule has 0 aliphatic carbocycles. The fraction of sp³-hybridized carbons (Fsp3) is 0.350. The van der Waals surface area contributed by atoms with E-state index >= 15 is 0 Å². The largest absolute Gasteiger partial charge is 0.450 e. The van der Waals surface area contributed by atoms with Crippen LogP contribution in [0.15, 0.2) is 42.6 Å². The third kappa shape index (κ3) is 5.18. The number of pyridine rings is 1. The average molecular weight is 386 g/mol. The predicted octanol–water partition coefficient (Wildman–Crippen LogP) is 2.68. The van der Waals surface area contributed by atoms with E-state index in [0.717, 1.165) is 5.82 Å². The van der Waals surface area contributed by atoms with Gasteiger partial charge in [0.15, 0.2) is 0 Å². The van der Waals surface area contributed by atoms with Crippen LogP contribution in [0.5, 0.6) is 0 Å². The molecule has 2 aromatic rings. The van der Waals surface area contributed by atoms with Gasteiger partial charge >= 0.3 is 6.09 Å². The third-order valence-electron chi connectivity index (χ3n) is 4.42. The Morgan fingerprint density at radius 3 is 2.61 bits per heavy atom. The SMILES string of the molecule is CCOC(=O)N1CCN(c2ccc(NC(=O)Cc3cccc(F)c3)cn2)CC1. The highest BCUT2D eigenvalue weighted by Crippen LogP contribution is 2.17. The lowest BCUT2D eigenvalue weighted by Gasteiger charge is -2.34. The molecule has 28 heavy (non-hydrogen) atoms. The second kappa shape index (κ2) is 9.16. The molecule has 0 bridgehead atoms. The van der Waals surface area contributed by atoms with Gasteiger partial charge in [0, 0.05) is 26.2 Å². The van der Waals surface area contributed by atoms with E-state index in [2.05, 4.69) is 15.2 Å². The molecule has 0 atom stereocenters. The van der Waals surface area contributed by atoms with Crippen LogP contribution in [-0.4, -0.2) is 54.7 Å². The van der Waals surface area contributed by atoms with Crippen molar-refractivity contribution >= 4 is 23.5 Å². The van der Waals surface area contributed by atoms with Crippen molar-refractivity contribution < 1.29 is 18.7 Å². The second-order valence-electron chi connectivity index (χ2n) is 6.43. The van der Waals surface area contributed by atoms with Gasteiger partial charge < -0.3 is 19.9 Å². The molecule has 1 aliphatic heterocycles. The van der Waals surface area contributed by atoms with Crippen LogP contribution in [0, 0.1) is 5.82 Å². The molecule has 0 saturated carbocycles. The van der Waals surface area contributed by atoms with Gasteiger partial charge in [-0.05, 0) is 36.8 Å². The van der Waals surface area contributed by atoms with Crippen LogP contribution in [0.25, 0.3) is 0 Å². The van der Waals surface area contributed by atoms with Crippen LogP contribution in [0.1, 0.15) is 12.5 Å². The van der Waals surface area contributed by atoms with Crippen LogP contribution >= 0.6 is 0 Å². The Balaban J connectivity index is 1.51. The summed E-state index contributed by atoms with van der Waals surface area (Å²) < 4.78 is 18.2. The van der Waals surface area contributed by atoms with Crippen molar-refractivity contribution in [1.29, 1.82) is 0 Å². The second-order valence-corrected chi connectivity index (χ2v) is 6.43. The molecule has 148 valence electrons. The van der Waals surface area contributed by atoms with Crippen molar-refractivity contribution in [2.24, 2.45) is 0 Å². The van der Waals surface area contributed by atoms with Crippen LogP contribution in [0.2, 0.25) is 0 Å². The Morgan fingerprint density at radius 2 is 1.96 bits per heavy atom. The van der Waals surface area contributed by atoms with Crippen LogP contribution in [0.3, 0.4) is 0 Å². The number of hydrogen-bond donors (Lipinski definition) is 1. The number of hydrogen-bond acceptors (Lipinski definition) is 5. The van der Waals surface area contributed by atoms with Gasteiger partial charge in [-0.3, -0.25) is 4.79 Å². The molecule has 2 amide bonds. The predicted molar refractivity (Wildman–Crippen MR) is 104 cm³/mol. The maximum atomic E-state index is 13.2. The monoisotopic (exact) mass is 386 g/mol. The molecule has 3 rings (SSSR count). The number of benzene rings is 1. The number of rotatable bonds is 5. The lowest BCUT2D eigenvalue weighted by Crippen LogP contribution is -2.49. The molecule has 1 aromatic carbocycles. The minimum Gasteiger partial charge on any atom is -0.450 e. The Bertz CT molecular complexity index is 820. The van der Waals surface area contributed by atoms with Gasteiger partial charge in [-0.15, -0.1) is 0 Å². The minimum atomic E-state index is -0.362. The van der Waals surface area contributed by atoms with E-state index in [4.69, 9.17) is 4.74 Å². The first-order valence-corrected chi connectivity index (χ1v) is 9.22. The molecule has 7 nitrogen and oxygen atoms in total. The molecule has 1 aromatic heterocycles. The zero-order chi connectivity index (χ0) is 19.9. The first-order chi connectivity index (χ1) is 13.5. The van der Waals surface area contributed by atoms with E-state index in [9.17, 15) is 14.0 Å². The summed E-state index contributed by atoms with van der Waals surface area (Å²) in [5.41, 5.74) is 1.19. The van der Waals surface area contributed by atoms with Gasteiger partial charge in [0.1, 0.15) is 11.6 Å². The van der Waals surface area contributed by atoms with Crippen molar-refractivity contribution in [3.63, 3.8) is 0 Å². The molecule has 2 heterocycles. The number of halogens is 1. The fourth-order valence-electron chi connectivity index (χ4n) is 3.02. The number of aromatic nitrogens is 1. The van der Waals surface area contributed by atoms with Crippen LogP contribution < -0.4 is 10.2 Å². The zero-order valence-electron chi connectivity index (χ0n) is 15.7. The first kappa shape index (κ1) is 19.6. The smallest absolute Gasteiger partial charge is 0.409 e. The first-order valence-electron chi connectivity index (χ1n) is 9.22. The Hall–Kier alpha value is -3.16. The summed E-state index contributed by atoms with van der Waals surface area (Å²) in [4.78, 5) is 32.0. The number of piperazine rings is 1. The van der Waals surface area contributed by atoms with Gasteiger partial charge in [0.05, 0.1) is 24.9 Å². The molecule has 8 heteroatoms. The number of anilines is 2. The normalized spacial score (nSPS) is 13.9. The van der Waals surface area contributed by atoms with Gasteiger partial charge in [0.25, 0.3) is 0 Å². The minimum absolute atomic E-state index is 0.0926. The van der Waals surface area contributed by atoms with Crippen molar-refractivity contribution in [3.8, 4) is 0 Å². The van der Waals surface area contributed by atoms with Gasteiger partial charge in [-0.25, -0.2) is 14.2 Å². The summed E-state index contributed by atoms with van der Waals surface area (Å²) in [6, 6.07) is 9.59. The third-order valence-corrected chi connectivity index (χ3v) is 4.42. The van der Waals surface area contributed by atoms with E-state index in [-0.39, 0.29) is 24.2 Å². The number of carbonyl (C=O) groups is 2. The number of nitrogens with one attached hydrogen (secondary N) is 1.